The van der Waals surface area contributed by atoms with Crippen LogP contribution < -0.4 is 29.6 Å². The van der Waals surface area contributed by atoms with Gasteiger partial charge in [0.1, 0.15) is 0 Å². The van der Waals surface area contributed by atoms with Crippen molar-refractivity contribution >= 4 is 10.1 Å². The molecule has 4 nitrogen and oxygen atoms in total. The Labute approximate surface area is 210 Å². The van der Waals surface area contributed by atoms with Gasteiger partial charge in [-0.25, -0.2) is 8.42 Å². The first-order valence-corrected chi connectivity index (χ1v) is 14.0. The van der Waals surface area contributed by atoms with Crippen LogP contribution in [0.4, 0.5) is 0 Å². The topological polar surface area (TPSA) is 77.4 Å². The van der Waals surface area contributed by atoms with Crippen LogP contribution in [0.25, 0.3) is 0 Å². The summed E-state index contributed by atoms with van der Waals surface area (Å²) in [6.45, 7) is 4.31. The van der Waals surface area contributed by atoms with E-state index in [1.165, 1.54) is 44.9 Å². The number of aliphatic hydroxyl groups is 1. The van der Waals surface area contributed by atoms with E-state index in [1.807, 2.05) is 0 Å². The van der Waals surface area contributed by atoms with E-state index in [2.05, 4.69) is 13.8 Å². The number of aliphatic hydroxyl groups excluding tert-OH is 1. The zero-order valence-corrected chi connectivity index (χ0v) is 23.2. The van der Waals surface area contributed by atoms with E-state index in [-0.39, 0.29) is 35.7 Å². The van der Waals surface area contributed by atoms with Crippen LogP contribution in [0.3, 0.4) is 0 Å². The van der Waals surface area contributed by atoms with Gasteiger partial charge in [0.05, 0.1) is 16.2 Å². The fraction of sp³-hybridized carbons (Fsp3) is 1.00. The second kappa shape index (κ2) is 23.0. The van der Waals surface area contributed by atoms with Crippen LogP contribution in [0.5, 0.6) is 0 Å². The Morgan fingerprint density at radius 3 is 1.30 bits per heavy atom. The van der Waals surface area contributed by atoms with E-state index in [0.717, 1.165) is 70.6 Å². The SMILES string of the molecule is CCCCCCCCC(O)CCCCCCCCCC(CCCCC)S(=O)(=O)[O-].[Na+]. The summed E-state index contributed by atoms with van der Waals surface area (Å²) >= 11 is 0. The number of unbranched alkanes of at least 4 members (excludes halogenated alkanes) is 13. The smallest absolute Gasteiger partial charge is 0.748 e. The molecule has 0 aliphatic rings. The third kappa shape index (κ3) is 22.1. The fourth-order valence-electron chi connectivity index (χ4n) is 4.00. The monoisotopic (exact) mass is 456 g/mol. The van der Waals surface area contributed by atoms with Gasteiger partial charge in [-0.2, -0.15) is 0 Å². The van der Waals surface area contributed by atoms with Gasteiger partial charge in [-0.3, -0.25) is 0 Å². The summed E-state index contributed by atoms with van der Waals surface area (Å²) < 4.78 is 34.1. The summed E-state index contributed by atoms with van der Waals surface area (Å²) in [6, 6.07) is 0. The second-order valence-corrected chi connectivity index (χ2v) is 10.5. The summed E-state index contributed by atoms with van der Waals surface area (Å²) in [6.07, 6.45) is 20.9. The normalized spacial score (nSPS) is 13.7. The van der Waals surface area contributed by atoms with Gasteiger partial charge in [0.2, 0.25) is 0 Å². The van der Waals surface area contributed by atoms with Crippen molar-refractivity contribution in [2.45, 2.75) is 154 Å². The average Bonchev–Trinajstić information content (AvgIpc) is 2.67. The van der Waals surface area contributed by atoms with Gasteiger partial charge in [0.15, 0.2) is 0 Å². The summed E-state index contributed by atoms with van der Waals surface area (Å²) in [5.74, 6) is 0. The molecule has 0 aliphatic carbocycles. The van der Waals surface area contributed by atoms with Crippen molar-refractivity contribution in [2.75, 3.05) is 0 Å². The van der Waals surface area contributed by atoms with Crippen molar-refractivity contribution in [3.63, 3.8) is 0 Å². The molecular weight excluding hydrogens is 407 g/mol. The Morgan fingerprint density at radius 1 is 0.600 bits per heavy atom. The van der Waals surface area contributed by atoms with Crippen LogP contribution >= 0.6 is 0 Å². The minimum Gasteiger partial charge on any atom is -0.748 e. The van der Waals surface area contributed by atoms with Crippen molar-refractivity contribution < 1.29 is 47.6 Å². The molecule has 0 aliphatic heterocycles. The zero-order valence-electron chi connectivity index (χ0n) is 20.4. The molecule has 2 atom stereocenters. The summed E-state index contributed by atoms with van der Waals surface area (Å²) in [5, 5.41) is 9.37. The minimum absolute atomic E-state index is 0. The first-order chi connectivity index (χ1) is 13.9. The van der Waals surface area contributed by atoms with Crippen LogP contribution in [0.1, 0.15) is 142 Å². The Hall–Kier alpha value is 0.870. The van der Waals surface area contributed by atoms with Crippen LogP contribution in [0.2, 0.25) is 0 Å². The summed E-state index contributed by atoms with van der Waals surface area (Å²) in [7, 11) is -4.15. The summed E-state index contributed by atoms with van der Waals surface area (Å²) in [5.41, 5.74) is 0. The standard InChI is InChI=1S/C24H50O4S.Na/c1-3-5-7-8-12-16-19-23(25)20-17-13-10-9-11-14-18-22-24(29(26,27)28)21-15-6-4-2;/h23-25H,3-22H2,1-2H3,(H,26,27,28);/q;+1/p-1. The maximum atomic E-state index is 11.4. The van der Waals surface area contributed by atoms with Crippen molar-refractivity contribution in [1.82, 2.24) is 0 Å². The van der Waals surface area contributed by atoms with Crippen LogP contribution in [-0.4, -0.2) is 29.4 Å². The Bertz CT molecular complexity index is 442. The third-order valence-electron chi connectivity index (χ3n) is 5.99. The molecule has 0 radical (unpaired) electrons. The molecule has 0 saturated carbocycles. The molecule has 176 valence electrons. The Kier molecular flexibility index (Phi) is 25.4. The Balaban J connectivity index is 0. The van der Waals surface area contributed by atoms with E-state index in [4.69, 9.17) is 0 Å². The number of hydrogen-bond donors (Lipinski definition) is 1. The second-order valence-electron chi connectivity index (χ2n) is 8.87. The number of hydrogen-bond acceptors (Lipinski definition) is 4. The molecule has 0 aromatic rings. The van der Waals surface area contributed by atoms with Gasteiger partial charge < -0.3 is 9.66 Å². The molecule has 6 heteroatoms. The molecule has 0 heterocycles. The van der Waals surface area contributed by atoms with Gasteiger partial charge in [-0.1, -0.05) is 117 Å². The maximum Gasteiger partial charge on any atom is 1.00 e. The first kappa shape index (κ1) is 33.0. The first-order valence-electron chi connectivity index (χ1n) is 12.5. The van der Waals surface area contributed by atoms with Crippen molar-refractivity contribution in [3.8, 4) is 0 Å². The van der Waals surface area contributed by atoms with E-state index < -0.39 is 15.4 Å². The fourth-order valence-corrected chi connectivity index (χ4v) is 4.91. The van der Waals surface area contributed by atoms with Crippen LogP contribution in [-0.2, 0) is 10.1 Å². The maximum absolute atomic E-state index is 11.4. The zero-order chi connectivity index (χ0) is 21.8. The summed E-state index contributed by atoms with van der Waals surface area (Å²) in [4.78, 5) is 0. The number of rotatable bonds is 22. The molecule has 0 spiro atoms. The predicted molar refractivity (Wildman–Crippen MR) is 123 cm³/mol. The molecule has 1 N–H and O–H groups in total. The molecule has 0 rings (SSSR count). The van der Waals surface area contributed by atoms with Crippen LogP contribution in [0.15, 0.2) is 0 Å². The minimum atomic E-state index is -4.15. The Morgan fingerprint density at radius 2 is 0.900 bits per heavy atom. The van der Waals surface area contributed by atoms with Crippen molar-refractivity contribution in [1.29, 1.82) is 0 Å². The molecule has 0 aromatic carbocycles. The van der Waals surface area contributed by atoms with E-state index in [1.54, 1.807) is 0 Å². The van der Waals surface area contributed by atoms with Gasteiger partial charge in [0, 0.05) is 5.25 Å². The van der Waals surface area contributed by atoms with E-state index in [9.17, 15) is 18.1 Å². The van der Waals surface area contributed by atoms with Gasteiger partial charge in [-0.05, 0) is 25.7 Å². The average molecular weight is 457 g/mol. The quantitative estimate of drug-likeness (QED) is 0.151. The van der Waals surface area contributed by atoms with Crippen LogP contribution in [0, 0.1) is 0 Å². The molecule has 0 bridgehead atoms. The molecule has 0 fully saturated rings. The van der Waals surface area contributed by atoms with E-state index in [0.29, 0.717) is 12.8 Å². The van der Waals surface area contributed by atoms with E-state index >= 15 is 0 Å². The van der Waals surface area contributed by atoms with Gasteiger partial charge >= 0.3 is 29.6 Å². The molecule has 2 unspecified atom stereocenters. The van der Waals surface area contributed by atoms with Crippen molar-refractivity contribution in [2.24, 2.45) is 0 Å². The predicted octanol–water partition coefficient (Wildman–Crippen LogP) is 4.11. The third-order valence-corrected chi connectivity index (χ3v) is 7.28. The van der Waals surface area contributed by atoms with Crippen molar-refractivity contribution in [3.05, 3.63) is 0 Å². The largest absolute Gasteiger partial charge is 1.00 e. The molecule has 0 amide bonds. The molecule has 30 heavy (non-hydrogen) atoms. The molecule has 0 aromatic heterocycles. The van der Waals surface area contributed by atoms with Gasteiger partial charge in [-0.15, -0.1) is 0 Å². The van der Waals surface area contributed by atoms with Gasteiger partial charge in [0.25, 0.3) is 0 Å². The molecular formula is C24H49NaO4S. The molecule has 0 saturated heterocycles.